The third kappa shape index (κ3) is 1.88. The minimum Gasteiger partial charge on any atom is -0.198 e. The van der Waals surface area contributed by atoms with Gasteiger partial charge in [-0.15, -0.1) is 11.3 Å². The van der Waals surface area contributed by atoms with Gasteiger partial charge in [-0.2, -0.15) is 5.26 Å². The van der Waals surface area contributed by atoms with Crippen molar-refractivity contribution in [3.05, 3.63) is 35.2 Å². The topological polar surface area (TPSA) is 23.8 Å². The first-order chi connectivity index (χ1) is 7.22. The average molecular weight is 215 g/mol. The first kappa shape index (κ1) is 10.2. The molecule has 0 saturated heterocycles. The quantitative estimate of drug-likeness (QED) is 0.737. The zero-order valence-electron chi connectivity index (χ0n) is 8.90. The van der Waals surface area contributed by atoms with Gasteiger partial charge in [0.1, 0.15) is 0 Å². The van der Waals surface area contributed by atoms with Gasteiger partial charge in [0.15, 0.2) is 0 Å². The van der Waals surface area contributed by atoms with Crippen LogP contribution in [0.3, 0.4) is 0 Å². The summed E-state index contributed by atoms with van der Waals surface area (Å²) in [5.74, 6) is 0.408. The molecule has 1 unspecified atom stereocenters. The van der Waals surface area contributed by atoms with Gasteiger partial charge in [-0.25, -0.2) is 0 Å². The van der Waals surface area contributed by atoms with Gasteiger partial charge in [0.2, 0.25) is 0 Å². The van der Waals surface area contributed by atoms with Crippen LogP contribution in [0.25, 0.3) is 10.1 Å². The second kappa shape index (κ2) is 4.04. The Morgan fingerprint density at radius 2 is 2.00 bits per heavy atom. The van der Waals surface area contributed by atoms with Gasteiger partial charge in [-0.05, 0) is 23.4 Å². The van der Waals surface area contributed by atoms with Gasteiger partial charge in [0.05, 0.1) is 12.0 Å². The summed E-state index contributed by atoms with van der Waals surface area (Å²) in [4.78, 5) is 1.19. The number of hydrogen-bond donors (Lipinski definition) is 0. The summed E-state index contributed by atoms with van der Waals surface area (Å²) < 4.78 is 1.27. The number of benzene rings is 1. The van der Waals surface area contributed by atoms with E-state index in [0.29, 0.717) is 5.92 Å². The molecule has 1 aromatic carbocycles. The Morgan fingerprint density at radius 1 is 1.27 bits per heavy atom. The third-order valence-electron chi connectivity index (χ3n) is 2.56. The summed E-state index contributed by atoms with van der Waals surface area (Å²) in [5.41, 5.74) is 0. The highest BCUT2D eigenvalue weighted by Crippen LogP contribution is 2.33. The molecule has 0 bridgehead atoms. The van der Waals surface area contributed by atoms with E-state index >= 15 is 0 Å². The van der Waals surface area contributed by atoms with Gasteiger partial charge < -0.3 is 0 Å². The minimum absolute atomic E-state index is 0.0300. The Bertz CT molecular complexity index is 471. The molecule has 0 spiro atoms. The van der Waals surface area contributed by atoms with E-state index in [4.69, 9.17) is 5.26 Å². The number of fused-ring (bicyclic) bond motifs is 1. The normalized spacial score (nSPS) is 12.9. The van der Waals surface area contributed by atoms with Crippen LogP contribution in [0, 0.1) is 17.2 Å². The number of nitriles is 1. The third-order valence-corrected chi connectivity index (χ3v) is 3.76. The fourth-order valence-electron chi connectivity index (χ4n) is 1.70. The lowest BCUT2D eigenvalue weighted by Crippen LogP contribution is -2.01. The average Bonchev–Trinajstić information content (AvgIpc) is 2.61. The van der Waals surface area contributed by atoms with Crippen LogP contribution in [0.2, 0.25) is 0 Å². The zero-order chi connectivity index (χ0) is 10.8. The number of hydrogen-bond acceptors (Lipinski definition) is 2. The number of nitrogens with zero attached hydrogens (tertiary/aromatic N) is 1. The Kier molecular flexibility index (Phi) is 2.75. The van der Waals surface area contributed by atoms with Gasteiger partial charge in [-0.3, -0.25) is 0 Å². The predicted molar refractivity (Wildman–Crippen MR) is 65.0 cm³/mol. The van der Waals surface area contributed by atoms with Gasteiger partial charge >= 0.3 is 0 Å². The molecule has 2 aromatic rings. The van der Waals surface area contributed by atoms with Crippen LogP contribution < -0.4 is 0 Å². The molecule has 0 saturated carbocycles. The molecule has 76 valence electrons. The molecule has 1 atom stereocenters. The maximum atomic E-state index is 9.13. The summed E-state index contributed by atoms with van der Waals surface area (Å²) in [7, 11) is 0. The summed E-state index contributed by atoms with van der Waals surface area (Å²) in [5, 5.41) is 10.4. The molecular formula is C13H13NS. The van der Waals surface area contributed by atoms with Crippen molar-refractivity contribution in [3.8, 4) is 6.07 Å². The Labute approximate surface area is 94.0 Å². The molecule has 1 heterocycles. The van der Waals surface area contributed by atoms with Crippen molar-refractivity contribution in [2.45, 2.75) is 19.8 Å². The molecule has 0 fully saturated rings. The van der Waals surface area contributed by atoms with Crippen molar-refractivity contribution in [2.75, 3.05) is 0 Å². The molecule has 15 heavy (non-hydrogen) atoms. The van der Waals surface area contributed by atoms with E-state index in [-0.39, 0.29) is 5.92 Å². The minimum atomic E-state index is 0.0300. The van der Waals surface area contributed by atoms with Crippen LogP contribution in [0.15, 0.2) is 30.3 Å². The highest BCUT2D eigenvalue weighted by atomic mass is 32.1. The second-order valence-electron chi connectivity index (χ2n) is 4.04. The lowest BCUT2D eigenvalue weighted by molar-refractivity contribution is 0.595. The molecule has 0 N–H and O–H groups in total. The predicted octanol–water partition coefficient (Wildman–Crippen LogP) is 4.16. The molecule has 0 aliphatic rings. The van der Waals surface area contributed by atoms with Crippen LogP contribution in [-0.4, -0.2) is 0 Å². The first-order valence-electron chi connectivity index (χ1n) is 5.10. The molecule has 0 radical (unpaired) electrons. The van der Waals surface area contributed by atoms with Crippen molar-refractivity contribution >= 4 is 21.4 Å². The monoisotopic (exact) mass is 215 g/mol. The molecule has 0 amide bonds. The van der Waals surface area contributed by atoms with Crippen molar-refractivity contribution in [3.63, 3.8) is 0 Å². The van der Waals surface area contributed by atoms with Crippen LogP contribution in [0.5, 0.6) is 0 Å². The van der Waals surface area contributed by atoms with E-state index in [2.05, 4.69) is 38.1 Å². The SMILES string of the molecule is CC(C)C(C#N)c1cc2ccccc2s1. The van der Waals surface area contributed by atoms with Crippen molar-refractivity contribution in [2.24, 2.45) is 5.92 Å². The summed E-state index contributed by atoms with van der Waals surface area (Å²) >= 11 is 1.74. The highest BCUT2D eigenvalue weighted by Gasteiger charge is 2.17. The Morgan fingerprint density at radius 3 is 2.60 bits per heavy atom. The summed E-state index contributed by atoms with van der Waals surface area (Å²) in [6.07, 6.45) is 0. The van der Waals surface area contributed by atoms with Crippen LogP contribution in [0.4, 0.5) is 0 Å². The van der Waals surface area contributed by atoms with Crippen molar-refractivity contribution < 1.29 is 0 Å². The van der Waals surface area contributed by atoms with Crippen molar-refractivity contribution in [1.29, 1.82) is 5.26 Å². The molecule has 1 aromatic heterocycles. The lowest BCUT2D eigenvalue weighted by Gasteiger charge is -2.09. The van der Waals surface area contributed by atoms with Gasteiger partial charge in [0.25, 0.3) is 0 Å². The maximum Gasteiger partial charge on any atom is 0.0829 e. The van der Waals surface area contributed by atoms with E-state index in [9.17, 15) is 0 Å². The lowest BCUT2D eigenvalue weighted by atomic mass is 9.96. The zero-order valence-corrected chi connectivity index (χ0v) is 9.71. The van der Waals surface area contributed by atoms with E-state index < -0.39 is 0 Å². The molecule has 1 nitrogen and oxygen atoms in total. The first-order valence-corrected chi connectivity index (χ1v) is 5.92. The van der Waals surface area contributed by atoms with Gasteiger partial charge in [-0.1, -0.05) is 32.0 Å². The standard InChI is InChI=1S/C13H13NS/c1-9(2)11(8-14)13-7-10-5-3-4-6-12(10)15-13/h3-7,9,11H,1-2H3. The second-order valence-corrected chi connectivity index (χ2v) is 5.15. The van der Waals surface area contributed by atoms with E-state index in [1.807, 2.05) is 12.1 Å². The van der Waals surface area contributed by atoms with Crippen LogP contribution in [-0.2, 0) is 0 Å². The maximum absolute atomic E-state index is 9.13. The fraction of sp³-hybridized carbons (Fsp3) is 0.308. The van der Waals surface area contributed by atoms with Gasteiger partial charge in [0, 0.05) is 9.58 Å². The summed E-state index contributed by atoms with van der Waals surface area (Å²) in [6.45, 7) is 4.19. The molecule has 2 rings (SSSR count). The summed E-state index contributed by atoms with van der Waals surface area (Å²) in [6, 6.07) is 12.8. The van der Waals surface area contributed by atoms with Crippen molar-refractivity contribution in [1.82, 2.24) is 0 Å². The molecular weight excluding hydrogens is 202 g/mol. The fourth-order valence-corrected chi connectivity index (χ4v) is 2.98. The Hall–Kier alpha value is -1.33. The highest BCUT2D eigenvalue weighted by molar-refractivity contribution is 7.19. The van der Waals surface area contributed by atoms with Crippen LogP contribution >= 0.6 is 11.3 Å². The number of thiophene rings is 1. The van der Waals surface area contributed by atoms with Crippen LogP contribution in [0.1, 0.15) is 24.6 Å². The van der Waals surface area contributed by atoms with E-state index in [1.54, 1.807) is 11.3 Å². The smallest absolute Gasteiger partial charge is 0.0829 e. The van der Waals surface area contributed by atoms with E-state index in [1.165, 1.54) is 15.0 Å². The number of rotatable bonds is 2. The molecule has 0 aliphatic heterocycles. The molecule has 2 heteroatoms. The Balaban J connectivity index is 2.49. The molecule has 0 aliphatic carbocycles. The largest absolute Gasteiger partial charge is 0.198 e. The van der Waals surface area contributed by atoms with E-state index in [0.717, 1.165) is 0 Å².